The van der Waals surface area contributed by atoms with Crippen LogP contribution in [0.1, 0.15) is 18.1 Å². The molecule has 5 rings (SSSR count). The number of nitrogens with zero attached hydrogens (tertiary/aromatic N) is 4. The van der Waals surface area contributed by atoms with E-state index >= 15 is 0 Å². The second-order valence-corrected chi connectivity index (χ2v) is 10.2. The molecule has 0 fully saturated rings. The van der Waals surface area contributed by atoms with Crippen LogP contribution < -0.4 is 10.1 Å². The predicted molar refractivity (Wildman–Crippen MR) is 128 cm³/mol. The van der Waals surface area contributed by atoms with E-state index in [4.69, 9.17) is 4.74 Å². The number of aryl methyl sites for hydroxylation is 1. The van der Waals surface area contributed by atoms with Crippen molar-refractivity contribution in [1.29, 1.82) is 0 Å². The summed E-state index contributed by atoms with van der Waals surface area (Å²) < 4.78 is 34.4. The summed E-state index contributed by atoms with van der Waals surface area (Å²) in [5, 5.41) is 13.2. The smallest absolute Gasteiger partial charge is 0.229 e. The van der Waals surface area contributed by atoms with Crippen molar-refractivity contribution in [3.8, 4) is 5.75 Å². The number of methoxy groups -OCH3 is 1. The van der Waals surface area contributed by atoms with Crippen molar-refractivity contribution >= 4 is 42.9 Å². The molecular formula is C23H21N5O3S2. The number of sulfone groups is 1. The third-order valence-electron chi connectivity index (χ3n) is 5.41. The fourth-order valence-corrected chi connectivity index (χ4v) is 5.67. The number of hydrogen-bond acceptors (Lipinski definition) is 8. The lowest BCUT2D eigenvalue weighted by Crippen LogP contribution is -2.07. The summed E-state index contributed by atoms with van der Waals surface area (Å²) in [4.78, 5) is 4.81. The summed E-state index contributed by atoms with van der Waals surface area (Å²) in [7, 11) is -2.26. The van der Waals surface area contributed by atoms with Gasteiger partial charge < -0.3 is 10.1 Å². The number of fused-ring (bicyclic) bond motifs is 3. The maximum atomic E-state index is 13.4. The molecule has 5 aromatic rings. The molecular weight excluding hydrogens is 458 g/mol. The van der Waals surface area contributed by atoms with E-state index in [9.17, 15) is 8.42 Å². The van der Waals surface area contributed by atoms with Gasteiger partial charge in [0.1, 0.15) is 11.6 Å². The minimum absolute atomic E-state index is 0.163. The van der Waals surface area contributed by atoms with Crippen LogP contribution in [0, 0.1) is 0 Å². The second-order valence-electron chi connectivity index (χ2n) is 7.43. The molecule has 0 bridgehead atoms. The zero-order valence-corrected chi connectivity index (χ0v) is 19.7. The largest absolute Gasteiger partial charge is 0.497 e. The minimum atomic E-state index is -3.89. The van der Waals surface area contributed by atoms with Gasteiger partial charge in [0.05, 0.1) is 22.2 Å². The standard InChI is InChI=1S/C23H21N5O3S2/c1-3-15-7-9-18(10-8-15)33(29,30)23-22-25-21(20-19(11-12-32-20)28(22)27-26-23)24-14-16-5-4-6-17(13-16)31-2/h4-13H,3,14H2,1-2H3,(H,24,25). The molecule has 2 aromatic carbocycles. The molecule has 0 aliphatic heterocycles. The molecule has 0 aliphatic rings. The molecule has 0 saturated heterocycles. The van der Waals surface area contributed by atoms with Gasteiger partial charge in [0, 0.05) is 6.54 Å². The predicted octanol–water partition coefficient (Wildman–Crippen LogP) is 4.35. The van der Waals surface area contributed by atoms with Crippen molar-refractivity contribution in [2.45, 2.75) is 29.8 Å². The summed E-state index contributed by atoms with van der Waals surface area (Å²) in [6, 6.07) is 16.4. The highest BCUT2D eigenvalue weighted by molar-refractivity contribution is 7.91. The molecule has 0 aliphatic carbocycles. The van der Waals surface area contributed by atoms with Gasteiger partial charge in [-0.05, 0) is 53.3 Å². The number of ether oxygens (including phenoxy) is 1. The minimum Gasteiger partial charge on any atom is -0.497 e. The van der Waals surface area contributed by atoms with Crippen molar-refractivity contribution < 1.29 is 13.2 Å². The van der Waals surface area contributed by atoms with Crippen LogP contribution >= 0.6 is 11.3 Å². The highest BCUT2D eigenvalue weighted by Gasteiger charge is 2.27. The van der Waals surface area contributed by atoms with Crippen LogP contribution in [-0.2, 0) is 22.8 Å². The molecule has 10 heteroatoms. The fourth-order valence-electron chi connectivity index (χ4n) is 3.60. The number of rotatable bonds is 7. The molecule has 8 nitrogen and oxygen atoms in total. The first kappa shape index (κ1) is 21.4. The van der Waals surface area contributed by atoms with Crippen molar-refractivity contribution in [3.63, 3.8) is 0 Å². The van der Waals surface area contributed by atoms with E-state index in [0.717, 1.165) is 33.5 Å². The fraction of sp³-hybridized carbons (Fsp3) is 0.174. The zero-order valence-electron chi connectivity index (χ0n) is 18.0. The molecule has 0 radical (unpaired) electrons. The Balaban J connectivity index is 1.58. The number of aromatic nitrogens is 4. The molecule has 1 N–H and O–H groups in total. The summed E-state index contributed by atoms with van der Waals surface area (Å²) in [6.45, 7) is 2.52. The van der Waals surface area contributed by atoms with Crippen LogP contribution in [0.3, 0.4) is 0 Å². The second kappa shape index (κ2) is 8.45. The number of benzene rings is 2. The summed E-state index contributed by atoms with van der Waals surface area (Å²) >= 11 is 1.50. The Hall–Kier alpha value is -3.50. The van der Waals surface area contributed by atoms with Gasteiger partial charge >= 0.3 is 0 Å². The monoisotopic (exact) mass is 479 g/mol. The summed E-state index contributed by atoms with van der Waals surface area (Å²) in [5.74, 6) is 1.34. The third kappa shape index (κ3) is 3.81. The van der Waals surface area contributed by atoms with E-state index in [2.05, 4.69) is 20.6 Å². The molecule has 0 spiro atoms. The van der Waals surface area contributed by atoms with Crippen LogP contribution in [0.25, 0.3) is 15.9 Å². The third-order valence-corrected chi connectivity index (χ3v) is 7.99. The highest BCUT2D eigenvalue weighted by atomic mass is 32.2. The SMILES string of the molecule is CCc1ccc(S(=O)(=O)c2nnn3c2nc(NCc2cccc(OC)c2)c2sccc23)cc1. The maximum absolute atomic E-state index is 13.4. The Bertz CT molecular complexity index is 1560. The average molecular weight is 480 g/mol. The lowest BCUT2D eigenvalue weighted by atomic mass is 10.2. The molecule has 33 heavy (non-hydrogen) atoms. The van der Waals surface area contributed by atoms with Crippen molar-refractivity contribution in [2.75, 3.05) is 12.4 Å². The lowest BCUT2D eigenvalue weighted by Gasteiger charge is -2.09. The van der Waals surface area contributed by atoms with Gasteiger partial charge in [-0.25, -0.2) is 13.4 Å². The van der Waals surface area contributed by atoms with Gasteiger partial charge in [-0.1, -0.05) is 36.4 Å². The van der Waals surface area contributed by atoms with Crippen molar-refractivity contribution in [3.05, 3.63) is 71.1 Å². The van der Waals surface area contributed by atoms with E-state index in [1.54, 1.807) is 19.2 Å². The molecule has 3 heterocycles. The Labute approximate surface area is 194 Å². The molecule has 168 valence electrons. The number of thiophene rings is 1. The summed E-state index contributed by atoms with van der Waals surface area (Å²) in [6.07, 6.45) is 0.829. The van der Waals surface area contributed by atoms with Gasteiger partial charge in [-0.3, -0.25) is 0 Å². The van der Waals surface area contributed by atoms with Gasteiger partial charge in [0.15, 0.2) is 5.65 Å². The lowest BCUT2D eigenvalue weighted by molar-refractivity contribution is 0.414. The van der Waals surface area contributed by atoms with Crippen LogP contribution in [-0.4, -0.2) is 35.3 Å². The number of anilines is 1. The molecule has 0 unspecified atom stereocenters. The quantitative estimate of drug-likeness (QED) is 0.370. The Morgan fingerprint density at radius 2 is 1.91 bits per heavy atom. The van der Waals surface area contributed by atoms with Crippen molar-refractivity contribution in [1.82, 2.24) is 19.8 Å². The maximum Gasteiger partial charge on any atom is 0.229 e. The normalized spacial score (nSPS) is 11.8. The molecule has 0 amide bonds. The van der Waals surface area contributed by atoms with Gasteiger partial charge in [0.2, 0.25) is 14.9 Å². The van der Waals surface area contributed by atoms with Crippen LogP contribution in [0.5, 0.6) is 5.75 Å². The van der Waals surface area contributed by atoms with Crippen molar-refractivity contribution in [2.24, 2.45) is 0 Å². The van der Waals surface area contributed by atoms with Crippen LogP contribution in [0.15, 0.2) is 69.9 Å². The Morgan fingerprint density at radius 3 is 2.67 bits per heavy atom. The van der Waals surface area contributed by atoms with E-state index in [-0.39, 0.29) is 15.6 Å². The average Bonchev–Trinajstić information content (AvgIpc) is 3.50. The first-order chi connectivity index (χ1) is 16.0. The van der Waals surface area contributed by atoms with Crippen LogP contribution in [0.4, 0.5) is 5.82 Å². The Morgan fingerprint density at radius 1 is 1.09 bits per heavy atom. The van der Waals surface area contributed by atoms with Gasteiger partial charge in [-0.2, -0.15) is 4.52 Å². The zero-order chi connectivity index (χ0) is 23.0. The summed E-state index contributed by atoms with van der Waals surface area (Å²) in [5.41, 5.74) is 3.00. The van der Waals surface area contributed by atoms with E-state index in [1.165, 1.54) is 15.9 Å². The molecule has 0 saturated carbocycles. The van der Waals surface area contributed by atoms with Crippen LogP contribution in [0.2, 0.25) is 0 Å². The van der Waals surface area contributed by atoms with E-state index < -0.39 is 9.84 Å². The Kier molecular flexibility index (Phi) is 5.47. The van der Waals surface area contributed by atoms with E-state index in [1.807, 2.05) is 54.8 Å². The van der Waals surface area contributed by atoms with Gasteiger partial charge in [-0.15, -0.1) is 16.4 Å². The van der Waals surface area contributed by atoms with E-state index in [0.29, 0.717) is 12.4 Å². The first-order valence-electron chi connectivity index (χ1n) is 10.3. The highest BCUT2D eigenvalue weighted by Crippen LogP contribution is 2.31. The molecule has 3 aromatic heterocycles. The van der Waals surface area contributed by atoms with Gasteiger partial charge in [0.25, 0.3) is 0 Å². The number of hydrogen-bond donors (Lipinski definition) is 1. The first-order valence-corrected chi connectivity index (χ1v) is 12.7. The topological polar surface area (TPSA) is 98.5 Å². The molecule has 0 atom stereocenters. The number of nitrogens with one attached hydrogen (secondary N) is 1.